The normalized spacial score (nSPS) is 11.3. The van der Waals surface area contributed by atoms with Gasteiger partial charge in [0.1, 0.15) is 5.82 Å². The number of pyridine rings is 1. The molecular formula is C22H12ClFN2O2S. The van der Waals surface area contributed by atoms with Gasteiger partial charge in [0.05, 0.1) is 26.9 Å². The smallest absolute Gasteiger partial charge is 0.208 e. The summed E-state index contributed by atoms with van der Waals surface area (Å²) in [5, 5.41) is 10.2. The summed E-state index contributed by atoms with van der Waals surface area (Å²) in [5.74, 6) is -0.801. The summed E-state index contributed by atoms with van der Waals surface area (Å²) in [7, 11) is -4.16. The number of nitrogens with zero attached hydrogens (tertiary/aromatic N) is 2. The maximum atomic E-state index is 13.9. The first kappa shape index (κ1) is 19.1. The van der Waals surface area contributed by atoms with Crippen molar-refractivity contribution in [3.05, 3.63) is 89.3 Å². The molecule has 0 aliphatic rings. The quantitative estimate of drug-likeness (QED) is 0.443. The Bertz CT molecular complexity index is 1400. The van der Waals surface area contributed by atoms with Crippen LogP contribution in [0.25, 0.3) is 22.0 Å². The highest BCUT2D eigenvalue weighted by Crippen LogP contribution is 2.37. The van der Waals surface area contributed by atoms with Crippen LogP contribution < -0.4 is 0 Å². The molecule has 4 aromatic rings. The molecule has 0 spiro atoms. The third kappa shape index (κ3) is 3.46. The van der Waals surface area contributed by atoms with E-state index < -0.39 is 15.7 Å². The Kier molecular flexibility index (Phi) is 4.79. The molecule has 3 aromatic carbocycles. The molecule has 0 fully saturated rings. The molecule has 0 N–H and O–H groups in total. The minimum Gasteiger partial charge on any atom is -0.255 e. The zero-order chi connectivity index (χ0) is 20.6. The molecule has 0 aliphatic heterocycles. The Morgan fingerprint density at radius 1 is 1.00 bits per heavy atom. The van der Waals surface area contributed by atoms with Crippen LogP contribution in [-0.2, 0) is 9.84 Å². The molecule has 0 unspecified atom stereocenters. The topological polar surface area (TPSA) is 70.8 Å². The summed E-state index contributed by atoms with van der Waals surface area (Å²) in [4.78, 5) is 3.90. The number of hydrogen-bond acceptors (Lipinski definition) is 4. The van der Waals surface area contributed by atoms with Crippen LogP contribution >= 0.6 is 11.6 Å². The number of hydrogen-bond donors (Lipinski definition) is 0. The molecule has 0 aliphatic carbocycles. The molecule has 0 amide bonds. The molecule has 1 aromatic heterocycles. The molecule has 4 rings (SSSR count). The van der Waals surface area contributed by atoms with Gasteiger partial charge in [-0.3, -0.25) is 4.98 Å². The second kappa shape index (κ2) is 7.28. The zero-order valence-electron chi connectivity index (χ0n) is 14.8. The molecule has 0 bridgehead atoms. The standard InChI is InChI=1S/C22H12ClFN2O2S/c23-16-7-5-15(6-8-16)22-19-3-1-2-4-20(19)26-13-21(22)29(27,28)18-10-14(12-25)9-17(24)11-18/h1-11,13H. The minimum atomic E-state index is -4.16. The lowest BCUT2D eigenvalue weighted by Gasteiger charge is -2.14. The molecular weight excluding hydrogens is 411 g/mol. The number of halogens is 2. The average Bonchev–Trinajstić information content (AvgIpc) is 2.73. The van der Waals surface area contributed by atoms with E-state index in [4.69, 9.17) is 16.9 Å². The Morgan fingerprint density at radius 3 is 2.45 bits per heavy atom. The van der Waals surface area contributed by atoms with E-state index >= 15 is 0 Å². The lowest BCUT2D eigenvalue weighted by atomic mass is 10.0. The van der Waals surface area contributed by atoms with Gasteiger partial charge in [0, 0.05) is 22.2 Å². The van der Waals surface area contributed by atoms with Crippen LogP contribution in [0.1, 0.15) is 5.56 Å². The van der Waals surface area contributed by atoms with Gasteiger partial charge in [-0.05, 0) is 42.0 Å². The van der Waals surface area contributed by atoms with Crippen LogP contribution in [0.2, 0.25) is 5.02 Å². The highest BCUT2D eigenvalue weighted by Gasteiger charge is 2.25. The van der Waals surface area contributed by atoms with Gasteiger partial charge in [-0.25, -0.2) is 12.8 Å². The van der Waals surface area contributed by atoms with Gasteiger partial charge in [0.25, 0.3) is 0 Å². The molecule has 0 atom stereocenters. The molecule has 4 nitrogen and oxygen atoms in total. The lowest BCUT2D eigenvalue weighted by molar-refractivity contribution is 0.590. The predicted octanol–water partition coefficient (Wildman–Crippen LogP) is 5.40. The van der Waals surface area contributed by atoms with Crippen molar-refractivity contribution in [3.63, 3.8) is 0 Å². The van der Waals surface area contributed by atoms with Crippen LogP contribution in [-0.4, -0.2) is 13.4 Å². The summed E-state index contributed by atoms with van der Waals surface area (Å²) in [6.07, 6.45) is 1.26. The average molecular weight is 423 g/mol. The molecule has 142 valence electrons. The summed E-state index contributed by atoms with van der Waals surface area (Å²) >= 11 is 5.99. The van der Waals surface area contributed by atoms with Crippen LogP contribution in [0.3, 0.4) is 0 Å². The van der Waals surface area contributed by atoms with Crippen LogP contribution in [0, 0.1) is 17.1 Å². The van der Waals surface area contributed by atoms with Gasteiger partial charge in [-0.1, -0.05) is 41.9 Å². The highest BCUT2D eigenvalue weighted by atomic mass is 35.5. The summed E-state index contributed by atoms with van der Waals surface area (Å²) in [5.41, 5.74) is 1.61. The van der Waals surface area contributed by atoms with E-state index in [0.717, 1.165) is 18.2 Å². The summed E-state index contributed by atoms with van der Waals surface area (Å²) in [6, 6.07) is 18.7. The maximum Gasteiger partial charge on any atom is 0.208 e. The number of fused-ring (bicyclic) bond motifs is 1. The Morgan fingerprint density at radius 2 is 1.72 bits per heavy atom. The van der Waals surface area contributed by atoms with E-state index in [2.05, 4.69) is 4.98 Å². The highest BCUT2D eigenvalue weighted by molar-refractivity contribution is 7.91. The molecule has 0 saturated heterocycles. The number of benzene rings is 3. The summed E-state index contributed by atoms with van der Waals surface area (Å²) in [6.45, 7) is 0. The second-order valence-corrected chi connectivity index (χ2v) is 8.67. The largest absolute Gasteiger partial charge is 0.255 e. The van der Waals surface area contributed by atoms with Gasteiger partial charge < -0.3 is 0 Å². The number of sulfone groups is 1. The van der Waals surface area contributed by atoms with Gasteiger partial charge in [0.15, 0.2) is 0 Å². The molecule has 0 saturated carbocycles. The van der Waals surface area contributed by atoms with Crippen LogP contribution in [0.15, 0.2) is 82.7 Å². The van der Waals surface area contributed by atoms with E-state index in [9.17, 15) is 12.8 Å². The van der Waals surface area contributed by atoms with Crippen molar-refractivity contribution < 1.29 is 12.8 Å². The fourth-order valence-electron chi connectivity index (χ4n) is 3.15. The minimum absolute atomic E-state index is 0.0759. The predicted molar refractivity (Wildman–Crippen MR) is 109 cm³/mol. The van der Waals surface area contributed by atoms with Gasteiger partial charge >= 0.3 is 0 Å². The zero-order valence-corrected chi connectivity index (χ0v) is 16.4. The van der Waals surface area contributed by atoms with Crippen LogP contribution in [0.4, 0.5) is 4.39 Å². The third-order valence-electron chi connectivity index (χ3n) is 4.47. The first-order chi connectivity index (χ1) is 13.9. The lowest BCUT2D eigenvalue weighted by Crippen LogP contribution is -2.06. The van der Waals surface area contributed by atoms with Gasteiger partial charge in [-0.15, -0.1) is 0 Å². The van der Waals surface area contributed by atoms with E-state index in [-0.39, 0.29) is 15.4 Å². The van der Waals surface area contributed by atoms with Crippen molar-refractivity contribution >= 4 is 32.3 Å². The van der Waals surface area contributed by atoms with Crippen molar-refractivity contribution in [1.82, 2.24) is 4.98 Å². The number of aromatic nitrogens is 1. The van der Waals surface area contributed by atoms with Crippen molar-refractivity contribution in [2.45, 2.75) is 9.79 Å². The Balaban J connectivity index is 2.06. The first-order valence-electron chi connectivity index (χ1n) is 8.49. The van der Waals surface area contributed by atoms with E-state index in [1.54, 1.807) is 54.6 Å². The fraction of sp³-hybridized carbons (Fsp3) is 0. The molecule has 7 heteroatoms. The van der Waals surface area contributed by atoms with Gasteiger partial charge in [-0.2, -0.15) is 5.26 Å². The molecule has 0 radical (unpaired) electrons. The number of rotatable bonds is 3. The van der Waals surface area contributed by atoms with Crippen molar-refractivity contribution in [2.75, 3.05) is 0 Å². The summed E-state index contributed by atoms with van der Waals surface area (Å²) < 4.78 is 40.8. The second-order valence-electron chi connectivity index (χ2n) is 6.31. The van der Waals surface area contributed by atoms with Crippen molar-refractivity contribution in [2.24, 2.45) is 0 Å². The van der Waals surface area contributed by atoms with E-state index in [1.165, 1.54) is 6.20 Å². The van der Waals surface area contributed by atoms with E-state index in [1.807, 2.05) is 0 Å². The van der Waals surface area contributed by atoms with Crippen molar-refractivity contribution in [3.8, 4) is 17.2 Å². The Hall–Kier alpha value is -3.27. The number of nitriles is 1. The van der Waals surface area contributed by atoms with E-state index in [0.29, 0.717) is 27.1 Å². The molecule has 1 heterocycles. The first-order valence-corrected chi connectivity index (χ1v) is 10.4. The monoisotopic (exact) mass is 422 g/mol. The third-order valence-corrected chi connectivity index (χ3v) is 6.47. The Labute approximate surface area is 171 Å². The van der Waals surface area contributed by atoms with Gasteiger partial charge in [0.2, 0.25) is 9.84 Å². The van der Waals surface area contributed by atoms with Crippen molar-refractivity contribution in [1.29, 1.82) is 5.26 Å². The fourth-order valence-corrected chi connectivity index (χ4v) is 4.77. The SMILES string of the molecule is N#Cc1cc(F)cc(S(=O)(=O)c2cnc3ccccc3c2-c2ccc(Cl)cc2)c1. The molecule has 29 heavy (non-hydrogen) atoms. The maximum absolute atomic E-state index is 13.9. The van der Waals surface area contributed by atoms with Crippen LogP contribution in [0.5, 0.6) is 0 Å². The number of para-hydroxylation sites is 1.